The van der Waals surface area contributed by atoms with E-state index in [2.05, 4.69) is 25.0 Å². The molecule has 2 amide bonds. The lowest BCUT2D eigenvalue weighted by molar-refractivity contribution is -0.137. The highest BCUT2D eigenvalue weighted by molar-refractivity contribution is 5.89. The number of amides is 2. The third-order valence-corrected chi connectivity index (χ3v) is 7.44. The number of esters is 1. The molecule has 2 fully saturated rings. The van der Waals surface area contributed by atoms with Gasteiger partial charge in [-0.3, -0.25) is 9.36 Å². The first-order valence-electron chi connectivity index (χ1n) is 13.6. The highest BCUT2D eigenvalue weighted by atomic mass is 16.6. The number of carbonyl (C=O) groups excluding carboxylic acids is 3. The molecule has 42 heavy (non-hydrogen) atoms. The highest BCUT2D eigenvalue weighted by Gasteiger charge is 2.47. The molecule has 0 aliphatic carbocycles. The average molecular weight is 584 g/mol. The van der Waals surface area contributed by atoms with Crippen LogP contribution in [0.5, 0.6) is 5.75 Å². The van der Waals surface area contributed by atoms with E-state index in [1.54, 1.807) is 11.8 Å². The standard InChI is InChI=1S/C27H33N7O8/c1-3-29-24(37)21-19(35)20(36)25(42-21)34-13-30-18-22(28)31-17(32-23(18)34)12-14-8-10-33(11-9-14)27(39)41-16-6-4-15(5-7-16)26(38)40-2/h4-7,13-14,19-21,25,35-36H,3,8-12H2,1-2H3,(H,29,37)(H2,28,31,32)/t19?,20?,21-,25+/m0/s1. The maximum Gasteiger partial charge on any atom is 0.415 e. The second-order valence-corrected chi connectivity index (χ2v) is 10.2. The molecule has 2 saturated heterocycles. The lowest BCUT2D eigenvalue weighted by Gasteiger charge is -2.31. The van der Waals surface area contributed by atoms with Crippen molar-refractivity contribution in [2.75, 3.05) is 32.5 Å². The number of aliphatic hydroxyl groups is 2. The first kappa shape index (κ1) is 29.2. The zero-order valence-electron chi connectivity index (χ0n) is 23.2. The van der Waals surface area contributed by atoms with E-state index in [4.69, 9.17) is 15.2 Å². The number of hydrogen-bond donors (Lipinski definition) is 4. The van der Waals surface area contributed by atoms with Crippen LogP contribution in [0.1, 0.15) is 42.2 Å². The molecular weight excluding hydrogens is 550 g/mol. The Labute approximate surface area is 240 Å². The van der Waals surface area contributed by atoms with Gasteiger partial charge in [-0.1, -0.05) is 0 Å². The van der Waals surface area contributed by atoms with Gasteiger partial charge in [0.05, 0.1) is 19.0 Å². The molecule has 2 aliphatic rings. The number of benzene rings is 1. The van der Waals surface area contributed by atoms with Crippen LogP contribution in [0, 0.1) is 5.92 Å². The van der Waals surface area contributed by atoms with Crippen LogP contribution in [-0.4, -0.2) is 97.7 Å². The van der Waals surface area contributed by atoms with Gasteiger partial charge in [0.15, 0.2) is 23.8 Å². The second kappa shape index (κ2) is 12.3. The Morgan fingerprint density at radius 2 is 1.83 bits per heavy atom. The van der Waals surface area contributed by atoms with Crippen molar-refractivity contribution in [1.29, 1.82) is 0 Å². The molecule has 3 aromatic rings. The van der Waals surface area contributed by atoms with E-state index < -0.39 is 42.5 Å². The number of likely N-dealkylation sites (tertiary alicyclic amines) is 1. The first-order chi connectivity index (χ1) is 20.2. The van der Waals surface area contributed by atoms with Crippen molar-refractivity contribution >= 4 is 35.0 Å². The molecular formula is C27H33N7O8. The van der Waals surface area contributed by atoms with E-state index in [0.717, 1.165) is 0 Å². The number of rotatable bonds is 7. The number of aliphatic hydroxyl groups excluding tert-OH is 2. The number of anilines is 1. The van der Waals surface area contributed by atoms with E-state index in [9.17, 15) is 24.6 Å². The molecule has 0 spiro atoms. The molecule has 2 aliphatic heterocycles. The van der Waals surface area contributed by atoms with Gasteiger partial charge in [-0.2, -0.15) is 0 Å². The van der Waals surface area contributed by atoms with Gasteiger partial charge in [-0.25, -0.2) is 24.5 Å². The Hall–Kier alpha value is -4.34. The quantitative estimate of drug-likeness (QED) is 0.279. The largest absolute Gasteiger partial charge is 0.465 e. The minimum absolute atomic E-state index is 0.154. The molecule has 4 atom stereocenters. The summed E-state index contributed by atoms with van der Waals surface area (Å²) in [6.45, 7) is 3.03. The van der Waals surface area contributed by atoms with Crippen molar-refractivity contribution in [2.45, 2.75) is 50.7 Å². The molecule has 4 heterocycles. The number of nitrogens with one attached hydrogen (secondary N) is 1. The number of piperidine rings is 1. The van der Waals surface area contributed by atoms with E-state index in [-0.39, 0.29) is 11.7 Å². The molecule has 2 unspecified atom stereocenters. The van der Waals surface area contributed by atoms with E-state index in [0.29, 0.717) is 67.2 Å². The summed E-state index contributed by atoms with van der Waals surface area (Å²) in [7, 11) is 1.29. The summed E-state index contributed by atoms with van der Waals surface area (Å²) in [4.78, 5) is 51.5. The Kier molecular flexibility index (Phi) is 8.51. The Morgan fingerprint density at radius 3 is 2.50 bits per heavy atom. The first-order valence-corrected chi connectivity index (χ1v) is 13.6. The van der Waals surface area contributed by atoms with Crippen LogP contribution in [0.3, 0.4) is 0 Å². The molecule has 15 nitrogen and oxygen atoms in total. The number of nitrogens with two attached hydrogens (primary N) is 1. The van der Waals surface area contributed by atoms with E-state index >= 15 is 0 Å². The van der Waals surface area contributed by atoms with Crippen molar-refractivity contribution in [2.24, 2.45) is 5.92 Å². The lowest BCUT2D eigenvalue weighted by atomic mass is 9.93. The molecule has 0 bridgehead atoms. The number of methoxy groups -OCH3 is 1. The average Bonchev–Trinajstić information content (AvgIpc) is 3.54. The van der Waals surface area contributed by atoms with Gasteiger partial charge < -0.3 is 40.4 Å². The normalized spacial score (nSPS) is 22.7. The molecule has 2 aromatic heterocycles. The number of fused-ring (bicyclic) bond motifs is 1. The Balaban J connectivity index is 1.22. The van der Waals surface area contributed by atoms with Gasteiger partial charge in [0.1, 0.15) is 29.3 Å². The maximum atomic E-state index is 12.7. The minimum Gasteiger partial charge on any atom is -0.465 e. The maximum absolute atomic E-state index is 12.7. The molecule has 0 radical (unpaired) electrons. The summed E-state index contributed by atoms with van der Waals surface area (Å²) in [5.41, 5.74) is 7.16. The smallest absolute Gasteiger partial charge is 0.415 e. The summed E-state index contributed by atoms with van der Waals surface area (Å²) in [5.74, 6) is 0.0989. The fraction of sp³-hybridized carbons (Fsp3) is 0.481. The fourth-order valence-electron chi connectivity index (χ4n) is 5.16. The SMILES string of the molecule is CCNC(=O)[C@H]1O[C@@H](n2cnc3c(N)nc(CC4CCN(C(=O)Oc5ccc(C(=O)OC)cc5)CC4)nc32)C(O)C1O. The summed E-state index contributed by atoms with van der Waals surface area (Å²) in [5, 5.41) is 23.6. The van der Waals surface area contributed by atoms with E-state index in [1.807, 2.05) is 0 Å². The molecule has 15 heteroatoms. The van der Waals surface area contributed by atoms with Crippen molar-refractivity contribution in [3.05, 3.63) is 42.0 Å². The molecule has 5 rings (SSSR count). The van der Waals surface area contributed by atoms with Gasteiger partial charge in [0.25, 0.3) is 5.91 Å². The van der Waals surface area contributed by atoms with Crippen molar-refractivity contribution < 1.29 is 38.8 Å². The molecule has 5 N–H and O–H groups in total. The van der Waals surface area contributed by atoms with Crippen LogP contribution in [0.2, 0.25) is 0 Å². The summed E-state index contributed by atoms with van der Waals surface area (Å²) in [6.07, 6.45) is -2.44. The summed E-state index contributed by atoms with van der Waals surface area (Å²) in [6, 6.07) is 6.13. The Morgan fingerprint density at radius 1 is 1.12 bits per heavy atom. The van der Waals surface area contributed by atoms with Gasteiger partial charge in [0, 0.05) is 26.1 Å². The number of aromatic nitrogens is 4. The summed E-state index contributed by atoms with van der Waals surface area (Å²) >= 11 is 0. The third kappa shape index (κ3) is 5.84. The Bertz CT molecular complexity index is 1450. The highest BCUT2D eigenvalue weighted by Crippen LogP contribution is 2.33. The van der Waals surface area contributed by atoms with Crippen LogP contribution in [0.4, 0.5) is 10.6 Å². The predicted octanol–water partition coefficient (Wildman–Crippen LogP) is 0.404. The van der Waals surface area contributed by atoms with Crippen LogP contribution >= 0.6 is 0 Å². The number of carbonyl (C=O) groups is 3. The number of ether oxygens (including phenoxy) is 3. The van der Waals surface area contributed by atoms with Crippen LogP contribution in [0.25, 0.3) is 11.2 Å². The van der Waals surface area contributed by atoms with Gasteiger partial charge >= 0.3 is 12.1 Å². The van der Waals surface area contributed by atoms with Crippen molar-refractivity contribution in [3.8, 4) is 5.75 Å². The van der Waals surface area contributed by atoms with E-state index in [1.165, 1.54) is 42.3 Å². The van der Waals surface area contributed by atoms with Gasteiger partial charge in [-0.05, 0) is 49.9 Å². The van der Waals surface area contributed by atoms with Crippen LogP contribution in [-0.2, 0) is 20.7 Å². The fourth-order valence-corrected chi connectivity index (χ4v) is 5.16. The minimum atomic E-state index is -1.44. The van der Waals surface area contributed by atoms with Gasteiger partial charge in [0.2, 0.25) is 0 Å². The second-order valence-electron chi connectivity index (χ2n) is 10.2. The number of imidazole rings is 1. The zero-order chi connectivity index (χ0) is 30.0. The zero-order valence-corrected chi connectivity index (χ0v) is 23.2. The predicted molar refractivity (Wildman–Crippen MR) is 146 cm³/mol. The molecule has 224 valence electrons. The molecule has 0 saturated carbocycles. The van der Waals surface area contributed by atoms with Gasteiger partial charge in [-0.15, -0.1) is 0 Å². The topological polar surface area (TPSA) is 204 Å². The number of nitrogen functional groups attached to an aromatic ring is 1. The summed E-state index contributed by atoms with van der Waals surface area (Å²) < 4.78 is 17.3. The van der Waals surface area contributed by atoms with Crippen LogP contribution < -0.4 is 15.8 Å². The third-order valence-electron chi connectivity index (χ3n) is 7.44. The number of likely N-dealkylation sites (N-methyl/N-ethyl adjacent to an activating group) is 1. The molecule has 1 aromatic carbocycles. The van der Waals surface area contributed by atoms with Crippen molar-refractivity contribution in [3.63, 3.8) is 0 Å². The number of nitrogens with zero attached hydrogens (tertiary/aromatic N) is 5. The monoisotopic (exact) mass is 583 g/mol. The number of hydrogen-bond acceptors (Lipinski definition) is 12. The van der Waals surface area contributed by atoms with Crippen molar-refractivity contribution in [1.82, 2.24) is 29.7 Å². The van der Waals surface area contributed by atoms with Crippen LogP contribution in [0.15, 0.2) is 30.6 Å². The lowest BCUT2D eigenvalue weighted by Crippen LogP contribution is -2.42.